The van der Waals surface area contributed by atoms with Crippen molar-refractivity contribution in [2.75, 3.05) is 0 Å². The largest absolute Gasteiger partial charge is 0.489 e. The second-order valence-corrected chi connectivity index (χ2v) is 8.14. The van der Waals surface area contributed by atoms with Gasteiger partial charge in [0, 0.05) is 11.6 Å². The highest BCUT2D eigenvalue weighted by molar-refractivity contribution is 5.96. The number of ether oxygens (including phenoxy) is 2. The van der Waals surface area contributed by atoms with Gasteiger partial charge < -0.3 is 13.9 Å². The first-order valence-electron chi connectivity index (χ1n) is 9.51. The van der Waals surface area contributed by atoms with Crippen molar-refractivity contribution in [3.05, 3.63) is 39.3 Å². The first kappa shape index (κ1) is 17.2. The third-order valence-electron chi connectivity index (χ3n) is 5.47. The molecule has 0 bridgehead atoms. The lowest BCUT2D eigenvalue weighted by Crippen LogP contribution is -2.31. The lowest BCUT2D eigenvalue weighted by molar-refractivity contribution is 0.133. The molecule has 26 heavy (non-hydrogen) atoms. The molecular formula is C22H26O4. The molecule has 0 radical (unpaired) electrons. The lowest BCUT2D eigenvalue weighted by atomic mass is 9.87. The summed E-state index contributed by atoms with van der Waals surface area (Å²) in [7, 11) is 0. The van der Waals surface area contributed by atoms with Crippen molar-refractivity contribution < 1.29 is 13.9 Å². The molecule has 0 N–H and O–H groups in total. The molecule has 0 aliphatic carbocycles. The van der Waals surface area contributed by atoms with Gasteiger partial charge in [0.15, 0.2) is 0 Å². The molecule has 2 aliphatic heterocycles. The SMILES string of the molecule is CCCc1cc(=O)oc2c3c(c4c(c12)OC(C)(C)C=C4)O[C@H](C)[C@@H](C)C3. The molecule has 138 valence electrons. The zero-order valence-corrected chi connectivity index (χ0v) is 16.1. The maximum Gasteiger partial charge on any atom is 0.336 e. The van der Waals surface area contributed by atoms with Gasteiger partial charge in [-0.05, 0) is 57.2 Å². The van der Waals surface area contributed by atoms with Gasteiger partial charge >= 0.3 is 5.63 Å². The van der Waals surface area contributed by atoms with Crippen molar-refractivity contribution in [3.63, 3.8) is 0 Å². The quantitative estimate of drug-likeness (QED) is 0.721. The highest BCUT2D eigenvalue weighted by Gasteiger charge is 2.35. The van der Waals surface area contributed by atoms with Crippen molar-refractivity contribution in [2.24, 2.45) is 5.92 Å². The summed E-state index contributed by atoms with van der Waals surface area (Å²) >= 11 is 0. The van der Waals surface area contributed by atoms with Crippen molar-refractivity contribution >= 4 is 17.0 Å². The molecule has 1 aromatic carbocycles. The van der Waals surface area contributed by atoms with Crippen molar-refractivity contribution in [1.82, 2.24) is 0 Å². The highest BCUT2D eigenvalue weighted by Crippen LogP contribution is 2.49. The summed E-state index contributed by atoms with van der Waals surface area (Å²) in [6.07, 6.45) is 6.86. The van der Waals surface area contributed by atoms with Gasteiger partial charge in [0.1, 0.15) is 22.7 Å². The first-order chi connectivity index (χ1) is 12.3. The van der Waals surface area contributed by atoms with Crippen LogP contribution in [0, 0.1) is 5.92 Å². The summed E-state index contributed by atoms with van der Waals surface area (Å²) in [6.45, 7) is 10.4. The first-order valence-corrected chi connectivity index (χ1v) is 9.51. The molecule has 4 nitrogen and oxygen atoms in total. The van der Waals surface area contributed by atoms with Gasteiger partial charge in [0.05, 0.1) is 17.1 Å². The van der Waals surface area contributed by atoms with E-state index < -0.39 is 5.60 Å². The van der Waals surface area contributed by atoms with Gasteiger partial charge in [-0.3, -0.25) is 0 Å². The zero-order chi connectivity index (χ0) is 18.6. The topological polar surface area (TPSA) is 48.7 Å². The normalized spacial score (nSPS) is 23.1. The molecule has 2 atom stereocenters. The molecule has 1 aromatic heterocycles. The van der Waals surface area contributed by atoms with Crippen LogP contribution >= 0.6 is 0 Å². The molecule has 0 amide bonds. The molecule has 2 aliphatic rings. The molecule has 3 heterocycles. The summed E-state index contributed by atoms with van der Waals surface area (Å²) in [5, 5.41) is 0.933. The predicted octanol–water partition coefficient (Wildman–Crippen LogP) is 4.89. The molecule has 2 aromatic rings. The second-order valence-electron chi connectivity index (χ2n) is 8.14. The average molecular weight is 354 g/mol. The van der Waals surface area contributed by atoms with Crippen LogP contribution in [0.3, 0.4) is 0 Å². The Bertz CT molecular complexity index is 964. The Morgan fingerprint density at radius 1 is 1.23 bits per heavy atom. The molecule has 4 heteroatoms. The van der Waals surface area contributed by atoms with Crippen LogP contribution in [0.1, 0.15) is 57.7 Å². The monoisotopic (exact) mass is 354 g/mol. The minimum absolute atomic E-state index is 0.109. The summed E-state index contributed by atoms with van der Waals surface area (Å²) in [4.78, 5) is 12.2. The van der Waals surface area contributed by atoms with E-state index in [1.807, 2.05) is 13.8 Å². The van der Waals surface area contributed by atoms with E-state index in [0.29, 0.717) is 11.5 Å². The summed E-state index contributed by atoms with van der Waals surface area (Å²) in [5.74, 6) is 1.94. The van der Waals surface area contributed by atoms with Crippen molar-refractivity contribution in [3.8, 4) is 11.5 Å². The van der Waals surface area contributed by atoms with Crippen LogP contribution in [-0.2, 0) is 12.8 Å². The molecule has 0 saturated heterocycles. The Balaban J connectivity index is 2.13. The van der Waals surface area contributed by atoms with Crippen LogP contribution in [0.15, 0.2) is 21.4 Å². The lowest BCUT2D eigenvalue weighted by Gasteiger charge is -2.35. The smallest absolute Gasteiger partial charge is 0.336 e. The van der Waals surface area contributed by atoms with E-state index in [0.717, 1.165) is 52.8 Å². The van der Waals surface area contributed by atoms with Crippen LogP contribution in [0.5, 0.6) is 11.5 Å². The van der Waals surface area contributed by atoms with E-state index in [-0.39, 0.29) is 11.7 Å². The standard InChI is InChI=1S/C22H26O4/c1-6-7-14-11-17(23)25-20-16-10-12(2)13(3)24-19(16)15-8-9-22(4,5)26-21(15)18(14)20/h8-9,11-13H,6-7,10H2,1-5H3/t12-,13+/m0/s1. The minimum atomic E-state index is -0.415. The second kappa shape index (κ2) is 5.90. The van der Waals surface area contributed by atoms with Crippen LogP contribution in [0.25, 0.3) is 17.0 Å². The number of benzene rings is 1. The van der Waals surface area contributed by atoms with Crippen molar-refractivity contribution in [1.29, 1.82) is 0 Å². The van der Waals surface area contributed by atoms with Gasteiger partial charge in [0.2, 0.25) is 0 Å². The van der Waals surface area contributed by atoms with E-state index >= 15 is 0 Å². The van der Waals surface area contributed by atoms with E-state index in [1.54, 1.807) is 6.07 Å². The van der Waals surface area contributed by atoms with E-state index in [9.17, 15) is 4.79 Å². The summed E-state index contributed by atoms with van der Waals surface area (Å²) < 4.78 is 18.3. The molecule has 0 fully saturated rings. The zero-order valence-electron chi connectivity index (χ0n) is 16.1. The third-order valence-corrected chi connectivity index (χ3v) is 5.47. The minimum Gasteiger partial charge on any atom is -0.489 e. The number of aryl methyl sites for hydroxylation is 1. The molecule has 0 spiro atoms. The maximum atomic E-state index is 12.2. The Hall–Kier alpha value is -2.23. The number of fused-ring (bicyclic) bond motifs is 6. The van der Waals surface area contributed by atoms with Gasteiger partial charge in [0.25, 0.3) is 0 Å². The summed E-state index contributed by atoms with van der Waals surface area (Å²) in [6, 6.07) is 1.61. The molecule has 0 unspecified atom stereocenters. The number of hydrogen-bond donors (Lipinski definition) is 0. The fourth-order valence-electron chi connectivity index (χ4n) is 3.92. The van der Waals surface area contributed by atoms with E-state index in [2.05, 4.69) is 32.9 Å². The van der Waals surface area contributed by atoms with Gasteiger partial charge in [-0.2, -0.15) is 0 Å². The Morgan fingerprint density at radius 3 is 2.73 bits per heavy atom. The number of rotatable bonds is 2. The highest BCUT2D eigenvalue weighted by atomic mass is 16.5. The fourth-order valence-corrected chi connectivity index (χ4v) is 3.92. The fraction of sp³-hybridized carbons (Fsp3) is 0.500. The van der Waals surface area contributed by atoms with Crippen LogP contribution in [0.2, 0.25) is 0 Å². The van der Waals surface area contributed by atoms with Crippen LogP contribution < -0.4 is 15.1 Å². The predicted molar refractivity (Wildman–Crippen MR) is 103 cm³/mol. The number of hydrogen-bond acceptors (Lipinski definition) is 4. The molecule has 0 saturated carbocycles. The Morgan fingerprint density at radius 2 is 2.00 bits per heavy atom. The van der Waals surface area contributed by atoms with Gasteiger partial charge in [-0.1, -0.05) is 20.3 Å². The average Bonchev–Trinajstić information content (AvgIpc) is 2.55. The van der Waals surface area contributed by atoms with E-state index in [1.165, 1.54) is 0 Å². The molecule has 4 rings (SSSR count). The van der Waals surface area contributed by atoms with Crippen LogP contribution in [-0.4, -0.2) is 11.7 Å². The van der Waals surface area contributed by atoms with E-state index in [4.69, 9.17) is 13.9 Å². The van der Waals surface area contributed by atoms with Gasteiger partial charge in [-0.25, -0.2) is 4.79 Å². The summed E-state index contributed by atoms with van der Waals surface area (Å²) in [5.41, 5.74) is 2.88. The van der Waals surface area contributed by atoms with Gasteiger partial charge in [-0.15, -0.1) is 0 Å². The third kappa shape index (κ3) is 2.63. The Labute approximate surface area is 153 Å². The molecular weight excluding hydrogens is 328 g/mol. The van der Waals surface area contributed by atoms with Crippen molar-refractivity contribution in [2.45, 2.75) is 65.6 Å². The Kier molecular flexibility index (Phi) is 3.90. The van der Waals surface area contributed by atoms with Crippen LogP contribution in [0.4, 0.5) is 0 Å². The maximum absolute atomic E-state index is 12.2.